The van der Waals surface area contributed by atoms with Crippen molar-refractivity contribution in [3.8, 4) is 0 Å². The Bertz CT molecular complexity index is 186. The Kier molecular flexibility index (Phi) is 4.94. The van der Waals surface area contributed by atoms with Gasteiger partial charge in [-0.05, 0) is 45.7 Å². The van der Waals surface area contributed by atoms with Crippen molar-refractivity contribution in [3.63, 3.8) is 0 Å². The molecule has 0 bridgehead atoms. The van der Waals surface area contributed by atoms with E-state index in [9.17, 15) is 0 Å². The van der Waals surface area contributed by atoms with E-state index in [-0.39, 0.29) is 5.60 Å². The van der Waals surface area contributed by atoms with E-state index in [2.05, 4.69) is 38.3 Å². The fourth-order valence-corrected chi connectivity index (χ4v) is 2.58. The van der Waals surface area contributed by atoms with Gasteiger partial charge in [0.1, 0.15) is 0 Å². The predicted octanol–water partition coefficient (Wildman–Crippen LogP) is 2.44. The molecule has 3 heteroatoms. The van der Waals surface area contributed by atoms with E-state index in [1.54, 1.807) is 0 Å². The van der Waals surface area contributed by atoms with Gasteiger partial charge in [0, 0.05) is 18.9 Å². The van der Waals surface area contributed by atoms with E-state index >= 15 is 0 Å². The number of ether oxygens (including phenoxy) is 1. The van der Waals surface area contributed by atoms with Gasteiger partial charge < -0.3 is 9.64 Å². The molecule has 90 valence electrons. The summed E-state index contributed by atoms with van der Waals surface area (Å²) in [5, 5.41) is 0.483. The van der Waals surface area contributed by atoms with Gasteiger partial charge in [-0.25, -0.2) is 0 Å². The summed E-state index contributed by atoms with van der Waals surface area (Å²) in [5.41, 5.74) is 0.0403. The molecule has 0 aliphatic carbocycles. The van der Waals surface area contributed by atoms with Crippen LogP contribution in [-0.4, -0.2) is 42.5 Å². The van der Waals surface area contributed by atoms with Crippen LogP contribution in [0.4, 0.5) is 0 Å². The molecule has 1 unspecified atom stereocenters. The molecule has 1 atom stereocenters. The van der Waals surface area contributed by atoms with Crippen LogP contribution >= 0.6 is 12.6 Å². The lowest BCUT2D eigenvalue weighted by molar-refractivity contribution is -0.0484. The Morgan fingerprint density at radius 2 is 1.93 bits per heavy atom. The zero-order valence-corrected chi connectivity index (χ0v) is 11.4. The maximum absolute atomic E-state index is 5.56. The second kappa shape index (κ2) is 5.55. The fourth-order valence-electron chi connectivity index (χ4n) is 2.35. The van der Waals surface area contributed by atoms with Crippen molar-refractivity contribution in [2.24, 2.45) is 5.92 Å². The van der Waals surface area contributed by atoms with Crippen molar-refractivity contribution in [2.75, 3.05) is 26.7 Å². The van der Waals surface area contributed by atoms with Crippen molar-refractivity contribution in [3.05, 3.63) is 0 Å². The maximum Gasteiger partial charge on any atom is 0.0651 e. The summed E-state index contributed by atoms with van der Waals surface area (Å²) >= 11 is 4.44. The first kappa shape index (κ1) is 13.3. The van der Waals surface area contributed by atoms with Gasteiger partial charge in [0.25, 0.3) is 0 Å². The summed E-state index contributed by atoms with van der Waals surface area (Å²) < 4.78 is 5.56. The molecule has 1 heterocycles. The minimum atomic E-state index is 0.0403. The van der Waals surface area contributed by atoms with Crippen LogP contribution in [-0.2, 0) is 4.74 Å². The van der Waals surface area contributed by atoms with Crippen LogP contribution < -0.4 is 0 Å². The standard InChI is InChI=1S/C12H25NOS/c1-10(15)9-13-7-5-11(6-8-13)12(2,3)14-4/h10-11,15H,5-9H2,1-4H3. The van der Waals surface area contributed by atoms with Crippen LogP contribution in [0.2, 0.25) is 0 Å². The van der Waals surface area contributed by atoms with Gasteiger partial charge in [0.2, 0.25) is 0 Å². The molecular weight excluding hydrogens is 206 g/mol. The molecule has 1 rings (SSSR count). The summed E-state index contributed by atoms with van der Waals surface area (Å²) in [5.74, 6) is 0.703. The van der Waals surface area contributed by atoms with Crippen LogP contribution in [0.1, 0.15) is 33.6 Å². The third kappa shape index (κ3) is 3.97. The zero-order valence-electron chi connectivity index (χ0n) is 10.5. The molecule has 0 radical (unpaired) electrons. The largest absolute Gasteiger partial charge is 0.379 e. The second-order valence-corrected chi connectivity index (χ2v) is 6.11. The number of likely N-dealkylation sites (tertiary alicyclic amines) is 1. The highest BCUT2D eigenvalue weighted by Gasteiger charge is 2.32. The smallest absolute Gasteiger partial charge is 0.0651 e. The number of piperidine rings is 1. The highest BCUT2D eigenvalue weighted by Crippen LogP contribution is 2.30. The maximum atomic E-state index is 5.56. The molecule has 2 nitrogen and oxygen atoms in total. The number of rotatable bonds is 4. The van der Waals surface area contributed by atoms with Gasteiger partial charge in [-0.3, -0.25) is 0 Å². The first-order valence-corrected chi connectivity index (χ1v) is 6.43. The molecule has 0 aromatic carbocycles. The molecule has 1 fully saturated rings. The highest BCUT2D eigenvalue weighted by molar-refractivity contribution is 7.80. The van der Waals surface area contributed by atoms with Gasteiger partial charge in [0.15, 0.2) is 0 Å². The average molecular weight is 231 g/mol. The molecule has 0 N–H and O–H groups in total. The number of hydrogen-bond donors (Lipinski definition) is 1. The van der Waals surface area contributed by atoms with E-state index in [1.807, 2.05) is 7.11 Å². The molecule has 0 amide bonds. The van der Waals surface area contributed by atoms with Crippen LogP contribution in [0.3, 0.4) is 0 Å². The van der Waals surface area contributed by atoms with Gasteiger partial charge in [-0.15, -0.1) is 0 Å². The molecule has 15 heavy (non-hydrogen) atoms. The van der Waals surface area contributed by atoms with E-state index in [1.165, 1.54) is 25.9 Å². The summed E-state index contributed by atoms with van der Waals surface area (Å²) in [7, 11) is 1.82. The lowest BCUT2D eigenvalue weighted by Gasteiger charge is -2.40. The molecule has 0 saturated carbocycles. The van der Waals surface area contributed by atoms with Crippen LogP contribution in [0.15, 0.2) is 0 Å². The zero-order chi connectivity index (χ0) is 11.5. The fraction of sp³-hybridized carbons (Fsp3) is 1.00. The Balaban J connectivity index is 2.36. The second-order valence-electron chi connectivity index (χ2n) is 5.23. The Labute approximate surface area is 99.8 Å². The number of nitrogens with zero attached hydrogens (tertiary/aromatic N) is 1. The number of hydrogen-bond acceptors (Lipinski definition) is 3. The van der Waals surface area contributed by atoms with Crippen LogP contribution in [0.5, 0.6) is 0 Å². The van der Waals surface area contributed by atoms with Gasteiger partial charge in [-0.2, -0.15) is 12.6 Å². The Morgan fingerprint density at radius 1 is 1.40 bits per heavy atom. The number of thiol groups is 1. The summed E-state index contributed by atoms with van der Waals surface area (Å²) in [6, 6.07) is 0. The quantitative estimate of drug-likeness (QED) is 0.746. The molecule has 1 aliphatic heterocycles. The molecule has 0 aromatic heterocycles. The first-order valence-electron chi connectivity index (χ1n) is 5.91. The molecule has 0 spiro atoms. The van der Waals surface area contributed by atoms with E-state index in [0.717, 1.165) is 6.54 Å². The topological polar surface area (TPSA) is 12.5 Å². The first-order chi connectivity index (χ1) is 6.95. The third-order valence-electron chi connectivity index (χ3n) is 3.62. The SMILES string of the molecule is COC(C)(C)C1CCN(CC(C)S)CC1. The van der Waals surface area contributed by atoms with Crippen LogP contribution in [0, 0.1) is 5.92 Å². The minimum absolute atomic E-state index is 0.0403. The molecular formula is C12H25NOS. The monoisotopic (exact) mass is 231 g/mol. The van der Waals surface area contributed by atoms with E-state index in [0.29, 0.717) is 11.2 Å². The molecule has 0 aromatic rings. The molecule has 1 saturated heterocycles. The van der Waals surface area contributed by atoms with Crippen molar-refractivity contribution >= 4 is 12.6 Å². The Hall–Kier alpha value is 0.270. The highest BCUT2D eigenvalue weighted by atomic mass is 32.1. The van der Waals surface area contributed by atoms with Crippen molar-refractivity contribution in [1.29, 1.82) is 0 Å². The van der Waals surface area contributed by atoms with Gasteiger partial charge >= 0.3 is 0 Å². The molecule has 1 aliphatic rings. The Morgan fingerprint density at radius 3 is 2.33 bits per heavy atom. The summed E-state index contributed by atoms with van der Waals surface area (Å²) in [4.78, 5) is 2.51. The summed E-state index contributed by atoms with van der Waals surface area (Å²) in [6.45, 7) is 10.1. The van der Waals surface area contributed by atoms with Gasteiger partial charge in [-0.1, -0.05) is 6.92 Å². The van der Waals surface area contributed by atoms with Crippen molar-refractivity contribution in [2.45, 2.75) is 44.5 Å². The van der Waals surface area contributed by atoms with E-state index < -0.39 is 0 Å². The van der Waals surface area contributed by atoms with Crippen LogP contribution in [0.25, 0.3) is 0 Å². The average Bonchev–Trinajstić information content (AvgIpc) is 2.18. The third-order valence-corrected chi connectivity index (χ3v) is 3.78. The lowest BCUT2D eigenvalue weighted by atomic mass is 9.83. The lowest BCUT2D eigenvalue weighted by Crippen LogP contribution is -2.44. The van der Waals surface area contributed by atoms with Crippen molar-refractivity contribution in [1.82, 2.24) is 4.90 Å². The van der Waals surface area contributed by atoms with Gasteiger partial charge in [0.05, 0.1) is 5.60 Å². The minimum Gasteiger partial charge on any atom is -0.379 e. The number of methoxy groups -OCH3 is 1. The van der Waals surface area contributed by atoms with E-state index in [4.69, 9.17) is 4.74 Å². The normalized spacial score (nSPS) is 23.0. The van der Waals surface area contributed by atoms with Crippen molar-refractivity contribution < 1.29 is 4.74 Å². The predicted molar refractivity (Wildman–Crippen MR) is 68.7 cm³/mol. The summed E-state index contributed by atoms with van der Waals surface area (Å²) in [6.07, 6.45) is 2.50.